The Bertz CT molecular complexity index is 1400. The number of aliphatic hydroxyl groups excluding tert-OH is 1. The maximum absolute atomic E-state index is 14.7. The third-order valence-electron chi connectivity index (χ3n) is 6.60. The molecule has 8 nitrogen and oxygen atoms in total. The Kier molecular flexibility index (Phi) is 6.74. The highest BCUT2D eigenvalue weighted by atomic mass is 19.1. The number of carboxylic acid groups (broad SMARTS) is 1. The molecule has 0 spiro atoms. The molecule has 1 unspecified atom stereocenters. The Morgan fingerprint density at radius 3 is 2.51 bits per heavy atom. The SMILES string of the molecule is CC1(C)Oc2ccc(C#N)cc2[C@H](C(N)(C(=O)O)c2ccc(F)c(C(=O)OCc3ccccc3)c2)[C@H]1O. The maximum atomic E-state index is 14.7. The van der Waals surface area contributed by atoms with E-state index in [1.165, 1.54) is 18.2 Å². The Labute approximate surface area is 212 Å². The van der Waals surface area contributed by atoms with Gasteiger partial charge in [0.05, 0.1) is 23.1 Å². The van der Waals surface area contributed by atoms with E-state index in [4.69, 9.17) is 15.2 Å². The monoisotopic (exact) mass is 504 g/mol. The number of hydrogen-bond acceptors (Lipinski definition) is 7. The lowest BCUT2D eigenvalue weighted by Gasteiger charge is -2.47. The van der Waals surface area contributed by atoms with E-state index in [1.807, 2.05) is 6.07 Å². The first-order chi connectivity index (χ1) is 17.5. The van der Waals surface area contributed by atoms with Crippen molar-refractivity contribution in [3.05, 3.63) is 100 Å². The summed E-state index contributed by atoms with van der Waals surface area (Å²) >= 11 is 0. The highest BCUT2D eigenvalue weighted by Gasteiger charge is 2.56. The van der Waals surface area contributed by atoms with Gasteiger partial charge in [-0.05, 0) is 55.3 Å². The molecule has 1 aliphatic heterocycles. The predicted octanol–water partition coefficient (Wildman–Crippen LogP) is 3.61. The summed E-state index contributed by atoms with van der Waals surface area (Å²) in [5.74, 6) is -4.53. The van der Waals surface area contributed by atoms with Crippen molar-refractivity contribution >= 4 is 11.9 Å². The molecule has 0 radical (unpaired) electrons. The van der Waals surface area contributed by atoms with Crippen LogP contribution in [0.15, 0.2) is 66.7 Å². The second kappa shape index (κ2) is 9.65. The highest BCUT2D eigenvalue weighted by Crippen LogP contribution is 2.49. The number of carboxylic acids is 1. The molecule has 3 aromatic carbocycles. The fraction of sp³-hybridized carbons (Fsp3) is 0.250. The van der Waals surface area contributed by atoms with Crippen molar-refractivity contribution in [2.45, 2.75) is 43.6 Å². The van der Waals surface area contributed by atoms with Crippen LogP contribution >= 0.6 is 0 Å². The topological polar surface area (TPSA) is 143 Å². The van der Waals surface area contributed by atoms with E-state index in [-0.39, 0.29) is 29.0 Å². The molecule has 0 fully saturated rings. The van der Waals surface area contributed by atoms with E-state index < -0.39 is 46.5 Å². The number of nitrogens with zero attached hydrogens (tertiary/aromatic N) is 1. The first kappa shape index (κ1) is 25.8. The zero-order valence-electron chi connectivity index (χ0n) is 20.1. The number of fused-ring (bicyclic) bond motifs is 1. The fourth-order valence-electron chi connectivity index (χ4n) is 4.54. The predicted molar refractivity (Wildman–Crippen MR) is 130 cm³/mol. The molecule has 4 N–H and O–H groups in total. The third kappa shape index (κ3) is 4.65. The molecule has 1 aliphatic rings. The van der Waals surface area contributed by atoms with E-state index in [9.17, 15) is 29.5 Å². The number of nitrogens with two attached hydrogens (primary N) is 1. The molecule has 0 saturated heterocycles. The number of aliphatic hydroxyl groups is 1. The lowest BCUT2D eigenvalue weighted by Crippen LogP contribution is -2.60. The Morgan fingerprint density at radius 1 is 1.16 bits per heavy atom. The minimum absolute atomic E-state index is 0.118. The molecule has 3 aromatic rings. The minimum Gasteiger partial charge on any atom is -0.485 e. The van der Waals surface area contributed by atoms with E-state index in [0.717, 1.165) is 18.2 Å². The van der Waals surface area contributed by atoms with Crippen molar-refractivity contribution in [3.63, 3.8) is 0 Å². The van der Waals surface area contributed by atoms with Gasteiger partial charge in [0.25, 0.3) is 0 Å². The quantitative estimate of drug-likeness (QED) is 0.432. The molecule has 190 valence electrons. The van der Waals surface area contributed by atoms with Crippen molar-refractivity contribution < 1.29 is 33.7 Å². The van der Waals surface area contributed by atoms with E-state index in [2.05, 4.69) is 0 Å². The van der Waals surface area contributed by atoms with Crippen LogP contribution in [0.25, 0.3) is 0 Å². The number of aliphatic carboxylic acids is 1. The van der Waals surface area contributed by atoms with E-state index >= 15 is 0 Å². The summed E-state index contributed by atoms with van der Waals surface area (Å²) in [6, 6.07) is 18.3. The van der Waals surface area contributed by atoms with Crippen LogP contribution in [0.5, 0.6) is 5.75 Å². The number of hydrogen-bond donors (Lipinski definition) is 3. The largest absolute Gasteiger partial charge is 0.485 e. The lowest BCUT2D eigenvalue weighted by atomic mass is 9.67. The van der Waals surface area contributed by atoms with Crippen LogP contribution in [0, 0.1) is 17.1 Å². The van der Waals surface area contributed by atoms with Crippen molar-refractivity contribution in [2.24, 2.45) is 5.73 Å². The van der Waals surface area contributed by atoms with Gasteiger partial charge in [0.15, 0.2) is 0 Å². The maximum Gasteiger partial charge on any atom is 0.341 e. The highest BCUT2D eigenvalue weighted by molar-refractivity contribution is 5.91. The molecular formula is C28H25FN2O6. The molecule has 4 rings (SSSR count). The summed E-state index contributed by atoms with van der Waals surface area (Å²) in [5.41, 5.74) is 3.42. The zero-order chi connectivity index (χ0) is 27.0. The van der Waals surface area contributed by atoms with Crippen molar-refractivity contribution in [1.82, 2.24) is 0 Å². The fourth-order valence-corrected chi connectivity index (χ4v) is 4.54. The van der Waals surface area contributed by atoms with E-state index in [1.54, 1.807) is 44.2 Å². The zero-order valence-corrected chi connectivity index (χ0v) is 20.1. The van der Waals surface area contributed by atoms with Crippen molar-refractivity contribution in [2.75, 3.05) is 0 Å². The van der Waals surface area contributed by atoms with Crippen LogP contribution in [-0.2, 0) is 21.7 Å². The Morgan fingerprint density at radius 2 is 1.86 bits per heavy atom. The van der Waals surface area contributed by atoms with Crippen LogP contribution in [0.4, 0.5) is 4.39 Å². The van der Waals surface area contributed by atoms with Gasteiger partial charge in [-0.3, -0.25) is 0 Å². The van der Waals surface area contributed by atoms with Gasteiger partial charge in [-0.15, -0.1) is 0 Å². The first-order valence-corrected chi connectivity index (χ1v) is 11.4. The van der Waals surface area contributed by atoms with Gasteiger partial charge in [-0.25, -0.2) is 14.0 Å². The summed E-state index contributed by atoms with van der Waals surface area (Å²) in [7, 11) is 0. The summed E-state index contributed by atoms with van der Waals surface area (Å²) in [6.45, 7) is 3.03. The third-order valence-corrected chi connectivity index (χ3v) is 6.60. The number of rotatable bonds is 6. The number of esters is 1. The van der Waals surface area contributed by atoms with Crippen molar-refractivity contribution in [3.8, 4) is 11.8 Å². The summed E-state index contributed by atoms with van der Waals surface area (Å²) < 4.78 is 25.8. The second-order valence-corrected chi connectivity index (χ2v) is 9.42. The molecule has 0 amide bonds. The van der Waals surface area contributed by atoms with Crippen LogP contribution in [0.2, 0.25) is 0 Å². The van der Waals surface area contributed by atoms with Crippen LogP contribution in [-0.4, -0.2) is 33.9 Å². The molecule has 37 heavy (non-hydrogen) atoms. The first-order valence-electron chi connectivity index (χ1n) is 11.4. The van der Waals surface area contributed by atoms with Gasteiger partial charge < -0.3 is 25.4 Å². The van der Waals surface area contributed by atoms with Gasteiger partial charge in [-0.1, -0.05) is 36.4 Å². The van der Waals surface area contributed by atoms with Gasteiger partial charge in [0, 0.05) is 5.56 Å². The average molecular weight is 505 g/mol. The summed E-state index contributed by atoms with van der Waals surface area (Å²) in [5, 5.41) is 31.0. The van der Waals surface area contributed by atoms with Crippen LogP contribution in [0.3, 0.4) is 0 Å². The molecule has 0 bridgehead atoms. The number of carbonyl (C=O) groups is 2. The molecular weight excluding hydrogens is 479 g/mol. The number of ether oxygens (including phenoxy) is 2. The van der Waals surface area contributed by atoms with Crippen LogP contribution < -0.4 is 10.5 Å². The van der Waals surface area contributed by atoms with Gasteiger partial charge in [0.1, 0.15) is 35.4 Å². The number of nitriles is 1. The lowest BCUT2D eigenvalue weighted by molar-refractivity contribution is -0.150. The normalized spacial score (nSPS) is 19.5. The average Bonchev–Trinajstić information content (AvgIpc) is 2.88. The van der Waals surface area contributed by atoms with E-state index in [0.29, 0.717) is 5.56 Å². The number of halogens is 1. The molecule has 0 aromatic heterocycles. The molecule has 0 aliphatic carbocycles. The summed E-state index contributed by atoms with van der Waals surface area (Å²) in [6.07, 6.45) is -1.45. The molecule has 0 saturated carbocycles. The Balaban J connectivity index is 1.80. The van der Waals surface area contributed by atoms with Gasteiger partial charge in [-0.2, -0.15) is 5.26 Å². The minimum atomic E-state index is -2.34. The second-order valence-electron chi connectivity index (χ2n) is 9.42. The number of benzene rings is 3. The standard InChI is InChI=1S/C28H25FN2O6/c1-27(2)24(32)23(20-12-17(14-30)8-11-22(20)37-27)28(31,26(34)35)18-9-10-21(29)19(13-18)25(33)36-15-16-6-4-3-5-7-16/h3-13,23-24,32H,15,31H2,1-2H3,(H,34,35)/t23-,24+,28?/m0/s1. The number of carbonyl (C=O) groups excluding carboxylic acids is 1. The molecule has 1 heterocycles. The molecule has 3 atom stereocenters. The van der Waals surface area contributed by atoms with Gasteiger partial charge in [0.2, 0.25) is 0 Å². The van der Waals surface area contributed by atoms with Gasteiger partial charge >= 0.3 is 11.9 Å². The molecule has 9 heteroatoms. The Hall–Kier alpha value is -4.26. The van der Waals surface area contributed by atoms with Crippen LogP contribution in [0.1, 0.15) is 52.4 Å². The van der Waals surface area contributed by atoms with Crippen molar-refractivity contribution in [1.29, 1.82) is 5.26 Å². The smallest absolute Gasteiger partial charge is 0.341 e. The summed E-state index contributed by atoms with van der Waals surface area (Å²) in [4.78, 5) is 25.5.